The molecule has 3 fully saturated rings. The van der Waals surface area contributed by atoms with Crippen molar-refractivity contribution in [1.82, 2.24) is 77.6 Å². The summed E-state index contributed by atoms with van der Waals surface area (Å²) in [5, 5.41) is 27.1. The molecule has 4 aromatic carbocycles. The number of nitrogens with two attached hydrogens (primary N) is 3. The van der Waals surface area contributed by atoms with Crippen LogP contribution in [0.5, 0.6) is 0 Å². The van der Waals surface area contributed by atoms with Crippen molar-refractivity contribution >= 4 is 63.2 Å². The number of pyridine rings is 1. The number of imidazole rings is 2. The van der Waals surface area contributed by atoms with Gasteiger partial charge in [-0.1, -0.05) is 90.0 Å². The third kappa shape index (κ3) is 23.9. The number of anilines is 2. The first kappa shape index (κ1) is 85.2. The van der Waals surface area contributed by atoms with Gasteiger partial charge < -0.3 is 55.2 Å². The Bertz CT molecular complexity index is 5150. The van der Waals surface area contributed by atoms with Crippen LogP contribution in [-0.2, 0) is 55.6 Å². The van der Waals surface area contributed by atoms with E-state index >= 15 is 0 Å². The van der Waals surface area contributed by atoms with E-state index in [9.17, 15) is 40.5 Å². The summed E-state index contributed by atoms with van der Waals surface area (Å²) in [6, 6.07) is 38.5. The van der Waals surface area contributed by atoms with Crippen molar-refractivity contribution in [3.8, 4) is 16.9 Å². The van der Waals surface area contributed by atoms with E-state index in [4.69, 9.17) is 62.4 Å². The number of aromatic nitrogens is 13. The molecule has 11 N–H and O–H groups in total. The number of primary sulfonamides is 1. The van der Waals surface area contributed by atoms with Gasteiger partial charge in [-0.25, -0.2) is 47.8 Å². The van der Waals surface area contributed by atoms with Crippen molar-refractivity contribution in [2.45, 2.75) is 87.7 Å². The summed E-state index contributed by atoms with van der Waals surface area (Å²) in [6.07, 6.45) is 7.55. The fourth-order valence-electron chi connectivity index (χ4n) is 12.4. The number of sulfonamides is 1. The van der Waals surface area contributed by atoms with Gasteiger partial charge >= 0.3 is 25.2 Å². The highest BCUT2D eigenvalue weighted by Gasteiger charge is 2.36. The molecule has 111 heavy (non-hydrogen) atoms. The number of nitrogen functional groups attached to an aromatic ring is 2. The average molecular weight is 1600 g/mol. The molecule has 0 bridgehead atoms. The normalized spacial score (nSPS) is 16.7. The van der Waals surface area contributed by atoms with Gasteiger partial charge in [-0.3, -0.25) is 42.7 Å². The Morgan fingerprint density at radius 3 is 2.13 bits per heavy atom. The number of aliphatic hydroxyl groups is 2. The van der Waals surface area contributed by atoms with Gasteiger partial charge in [0.05, 0.1) is 80.2 Å². The molecule has 1 unspecified atom stereocenters. The minimum absolute atomic E-state index is 0.0202. The number of alkyl halides is 3. The maximum absolute atomic E-state index is 13.1. The topological polar surface area (TPSA) is 429 Å². The minimum atomic E-state index is -4.61. The molecular formula is C73H90ClF3N19O13PS. The van der Waals surface area contributed by atoms with Gasteiger partial charge in [0.25, 0.3) is 5.56 Å². The summed E-state index contributed by atoms with van der Waals surface area (Å²) in [5.41, 5.74) is 16.6. The molecule has 0 aliphatic carbocycles. The van der Waals surface area contributed by atoms with Crippen LogP contribution >= 0.6 is 19.2 Å². The van der Waals surface area contributed by atoms with Gasteiger partial charge in [0.2, 0.25) is 10.0 Å². The highest BCUT2D eigenvalue weighted by atomic mass is 35.5. The molecule has 0 spiro atoms. The number of fused-ring (bicyclic) bond motifs is 2. The lowest BCUT2D eigenvalue weighted by Crippen LogP contribution is -2.48. The third-order valence-corrected chi connectivity index (χ3v) is 19.8. The molecule has 11 aromatic rings. The number of benzene rings is 4. The number of ether oxygens (including phenoxy) is 3. The van der Waals surface area contributed by atoms with Crippen molar-refractivity contribution in [1.29, 1.82) is 0 Å². The molecule has 594 valence electrons. The summed E-state index contributed by atoms with van der Waals surface area (Å²) in [7, 11) is -2.86. The van der Waals surface area contributed by atoms with Crippen molar-refractivity contribution in [2.24, 2.45) is 19.2 Å². The number of halogens is 4. The van der Waals surface area contributed by atoms with Gasteiger partial charge in [0, 0.05) is 82.0 Å². The minimum Gasteiger partial charge on any atom is -0.394 e. The number of hydrogen-bond donors (Lipinski definition) is 8. The molecule has 3 aliphatic rings. The molecule has 7 aromatic heterocycles. The summed E-state index contributed by atoms with van der Waals surface area (Å²) >= 11 is 6.09. The van der Waals surface area contributed by atoms with Crippen LogP contribution in [0.25, 0.3) is 39.3 Å². The molecule has 0 radical (unpaired) electrons. The van der Waals surface area contributed by atoms with E-state index in [2.05, 4.69) is 110 Å². The average Bonchev–Trinajstić information content (AvgIpc) is 1.59. The molecule has 14 rings (SSSR count). The number of piperazine rings is 1. The van der Waals surface area contributed by atoms with Crippen LogP contribution in [0.15, 0.2) is 184 Å². The van der Waals surface area contributed by atoms with E-state index in [1.807, 2.05) is 37.5 Å². The van der Waals surface area contributed by atoms with Crippen molar-refractivity contribution in [3.05, 3.63) is 229 Å². The highest BCUT2D eigenvalue weighted by molar-refractivity contribution is 7.89. The summed E-state index contributed by atoms with van der Waals surface area (Å²) in [6.45, 7) is 11.3. The molecule has 3 saturated heterocycles. The largest absolute Gasteiger partial charge is 0.435 e. The van der Waals surface area contributed by atoms with Gasteiger partial charge in [-0.2, -0.15) is 23.3 Å². The standard InChI is InChI=1S/C21H27ClN2O2.C17H14F3N3O2S.C10H14N2.C9H14N5O4P.C9H13N3O3.C7H8N4O2/c22-20-8-6-19(7-9-20)21(18-4-2-1-3-5-18)24-12-10-23(11-13-24)14-16-26-17-15-25;1-11-2-4-12(5-3-11)15-10-16(17(18,19)20)22-23(15)13-6-8-14(9-7-13)26(21,24)25;1-12-7-3-5-10(12)9-4-2-6-11-8-9;1-6(18-5-19(15,16)17)2-14-4-13-7-8(10)11-3-12-9(7)14;10-7-3-4-12(9(14)11-7)8-2-1-6(5-13)15-8;1-10-5-4(8-3-9-5)6(12)11(2)7(10)13/h1-9,21,25H,10-17H2;2-10H,1H3,(H2,21,24,25);2,4,6,8,10H,3,5,7H2,1H3;3-4,6H,2,5H2,1H3,(H2,10,11,12)(H2,15,16,17);3-4,6,8,13H,1-2,5H2,(H2,10,11,14);3H,1-2H3,(H,8,9)/t;;10-;6-;6-,8+;/m..010./s1. The number of hydrogen-bond acceptors (Lipinski definition) is 23. The van der Waals surface area contributed by atoms with Gasteiger partial charge in [-0.05, 0) is 124 Å². The van der Waals surface area contributed by atoms with E-state index < -0.39 is 47.6 Å². The molecule has 0 saturated carbocycles. The maximum Gasteiger partial charge on any atom is 0.435 e. The third-order valence-electron chi connectivity index (χ3n) is 18.1. The van der Waals surface area contributed by atoms with Gasteiger partial charge in [-0.15, -0.1) is 0 Å². The SMILES string of the molecule is CN1CCC[C@H]1c1cccnc1.C[C@H](Cn1cnc2c(N)ncnc21)OCP(=O)(O)O.Cc1ccc(-c2cc(C(F)(F)F)nn2-c2ccc(S(N)(=O)=O)cc2)cc1.Cn1c(=O)c2[nH]cnc2n(C)c1=O.Nc1ccn([C@H]2CC[C@@H](CO)O2)c(=O)n1.OCCOCCN1CCN(C(c2ccccc2)c2ccc(Cl)cc2)CC1. The lowest BCUT2D eigenvalue weighted by atomic mass is 9.96. The summed E-state index contributed by atoms with van der Waals surface area (Å²) in [4.78, 5) is 85.3. The number of aromatic amines is 1. The second-order valence-corrected chi connectivity index (χ2v) is 29.7. The number of rotatable bonds is 19. The molecule has 5 atom stereocenters. The summed E-state index contributed by atoms with van der Waals surface area (Å²) in [5.74, 6) is 0.487. The number of nitrogens with zero attached hydrogens (tertiary/aromatic N) is 15. The van der Waals surface area contributed by atoms with E-state index in [1.54, 1.807) is 55.1 Å². The number of nitrogens with one attached hydrogen (secondary N) is 1. The van der Waals surface area contributed by atoms with Crippen LogP contribution in [0, 0.1) is 6.92 Å². The lowest BCUT2D eigenvalue weighted by Gasteiger charge is -2.39. The van der Waals surface area contributed by atoms with Gasteiger partial charge in [0.1, 0.15) is 35.8 Å². The van der Waals surface area contributed by atoms with Crippen LogP contribution in [0.3, 0.4) is 0 Å². The lowest BCUT2D eigenvalue weighted by molar-refractivity contribution is -0.141. The van der Waals surface area contributed by atoms with Gasteiger partial charge in [0.15, 0.2) is 22.8 Å². The zero-order chi connectivity index (χ0) is 80.2. The first-order valence-electron chi connectivity index (χ1n) is 35.1. The molecular weight excluding hydrogens is 1510 g/mol. The van der Waals surface area contributed by atoms with Crippen molar-refractivity contribution < 1.29 is 60.4 Å². The number of H-pyrrole nitrogens is 1. The van der Waals surface area contributed by atoms with E-state index in [0.29, 0.717) is 60.1 Å². The van der Waals surface area contributed by atoms with Crippen LogP contribution in [0.1, 0.15) is 78.9 Å². The Hall–Kier alpha value is -9.76. The van der Waals surface area contributed by atoms with Crippen molar-refractivity contribution in [2.75, 3.05) is 90.6 Å². The predicted octanol–water partition coefficient (Wildman–Crippen LogP) is 6.82. The molecule has 32 nitrogen and oxygen atoms in total. The van der Waals surface area contributed by atoms with E-state index in [-0.39, 0.29) is 70.7 Å². The highest BCUT2D eigenvalue weighted by Crippen LogP contribution is 2.37. The quantitative estimate of drug-likeness (QED) is 0.0304. The van der Waals surface area contributed by atoms with Crippen LogP contribution in [0.2, 0.25) is 5.02 Å². The Balaban J connectivity index is 0.000000157. The van der Waals surface area contributed by atoms with Crippen molar-refractivity contribution in [3.63, 3.8) is 0 Å². The van der Waals surface area contributed by atoms with Crippen LogP contribution in [-0.4, -0.2) is 197 Å². The zero-order valence-electron chi connectivity index (χ0n) is 61.6. The Labute approximate surface area is 641 Å². The molecule has 3 aliphatic heterocycles. The fraction of sp³-hybridized carbons (Fsp3) is 0.370. The second kappa shape index (κ2) is 39.4. The van der Waals surface area contributed by atoms with E-state index in [0.717, 1.165) is 65.0 Å². The second-order valence-electron chi connectivity index (χ2n) is 26.2. The first-order chi connectivity index (χ1) is 52.9. The number of aryl methyl sites for hydroxylation is 2. The molecule has 0 amide bonds. The van der Waals surface area contributed by atoms with E-state index in [1.165, 1.54) is 95.5 Å². The van der Waals surface area contributed by atoms with Crippen LogP contribution < -0.4 is 33.5 Å². The number of aliphatic hydroxyl groups excluding tert-OH is 2. The predicted molar refractivity (Wildman–Crippen MR) is 412 cm³/mol. The Kier molecular flexibility index (Phi) is 30.3. The molecule has 10 heterocycles. The fourth-order valence-corrected chi connectivity index (χ4v) is 13.4. The first-order valence-corrected chi connectivity index (χ1v) is 38.8. The Morgan fingerprint density at radius 2 is 1.51 bits per heavy atom. The smallest absolute Gasteiger partial charge is 0.394 e. The maximum atomic E-state index is 13.1. The zero-order valence-corrected chi connectivity index (χ0v) is 64.0. The Morgan fingerprint density at radius 1 is 0.811 bits per heavy atom. The molecule has 38 heteroatoms. The monoisotopic (exact) mass is 1600 g/mol. The number of likely N-dealkylation sites (tertiary alicyclic amines) is 1. The summed E-state index contributed by atoms with van der Waals surface area (Å²) < 4.78 is 95.3. The van der Waals surface area contributed by atoms with Crippen LogP contribution in [0.4, 0.5) is 24.8 Å².